The van der Waals surface area contributed by atoms with Gasteiger partial charge >= 0.3 is 0 Å². The van der Waals surface area contributed by atoms with Crippen molar-refractivity contribution in [1.29, 1.82) is 0 Å². The van der Waals surface area contributed by atoms with Gasteiger partial charge in [0.25, 0.3) is 5.91 Å². The van der Waals surface area contributed by atoms with Gasteiger partial charge < -0.3 is 14.8 Å². The number of rotatable bonds is 6. The molecule has 0 bridgehead atoms. The summed E-state index contributed by atoms with van der Waals surface area (Å²) in [6.45, 7) is -0.176. The minimum absolute atomic E-state index is 0.176. The van der Waals surface area contributed by atoms with E-state index in [2.05, 4.69) is 5.32 Å². The van der Waals surface area contributed by atoms with Crippen molar-refractivity contribution in [3.8, 4) is 17.2 Å². The number of benzene rings is 3. The molecule has 1 N–H and O–H groups in total. The molecule has 132 valence electrons. The van der Waals surface area contributed by atoms with Gasteiger partial charge in [0, 0.05) is 0 Å². The first-order valence-electron chi connectivity index (χ1n) is 7.82. The Kier molecular flexibility index (Phi) is 6.00. The van der Waals surface area contributed by atoms with Crippen LogP contribution in [0.5, 0.6) is 17.2 Å². The highest BCUT2D eigenvalue weighted by atomic mass is 35.5. The zero-order chi connectivity index (χ0) is 18.4. The lowest BCUT2D eigenvalue weighted by atomic mass is 10.3. The minimum Gasteiger partial charge on any atom is -0.482 e. The van der Waals surface area contributed by atoms with Crippen LogP contribution < -0.4 is 14.8 Å². The number of carbonyl (C=O) groups is 1. The van der Waals surface area contributed by atoms with Gasteiger partial charge in [0.05, 0.1) is 15.7 Å². The number of nitrogens with one attached hydrogen (secondary N) is 1. The van der Waals surface area contributed by atoms with Crippen molar-refractivity contribution in [1.82, 2.24) is 0 Å². The third kappa shape index (κ3) is 4.69. The second kappa shape index (κ2) is 8.61. The van der Waals surface area contributed by atoms with E-state index in [4.69, 9.17) is 32.7 Å². The van der Waals surface area contributed by atoms with E-state index in [-0.39, 0.29) is 12.5 Å². The summed E-state index contributed by atoms with van der Waals surface area (Å²) in [4.78, 5) is 12.2. The summed E-state index contributed by atoms with van der Waals surface area (Å²) in [5.41, 5.74) is 0.514. The Morgan fingerprint density at radius 2 is 1.31 bits per heavy atom. The van der Waals surface area contributed by atoms with Gasteiger partial charge in [-0.2, -0.15) is 0 Å². The minimum atomic E-state index is -0.333. The monoisotopic (exact) mass is 387 g/mol. The van der Waals surface area contributed by atoms with Crippen LogP contribution in [0.25, 0.3) is 0 Å². The van der Waals surface area contributed by atoms with E-state index in [9.17, 15) is 4.79 Å². The number of carbonyl (C=O) groups excluding carboxylic acids is 1. The Hall–Kier alpha value is -2.69. The van der Waals surface area contributed by atoms with Gasteiger partial charge in [-0.1, -0.05) is 59.6 Å². The van der Waals surface area contributed by atoms with Gasteiger partial charge in [0.15, 0.2) is 12.4 Å². The van der Waals surface area contributed by atoms with Gasteiger partial charge in [-0.15, -0.1) is 0 Å². The van der Waals surface area contributed by atoms with Crippen LogP contribution in [-0.2, 0) is 4.79 Å². The Balaban J connectivity index is 1.67. The van der Waals surface area contributed by atoms with E-state index in [1.165, 1.54) is 0 Å². The maximum Gasteiger partial charge on any atom is 0.262 e. The van der Waals surface area contributed by atoms with E-state index in [1.807, 2.05) is 18.2 Å². The average molecular weight is 388 g/mol. The molecule has 0 radical (unpaired) electrons. The lowest BCUT2D eigenvalue weighted by molar-refractivity contribution is -0.118. The average Bonchev–Trinajstić information content (AvgIpc) is 2.64. The third-order valence-electron chi connectivity index (χ3n) is 3.41. The van der Waals surface area contributed by atoms with E-state index < -0.39 is 0 Å². The second-order valence-corrected chi connectivity index (χ2v) is 6.11. The summed E-state index contributed by atoms with van der Waals surface area (Å²) in [7, 11) is 0. The van der Waals surface area contributed by atoms with Crippen molar-refractivity contribution in [2.75, 3.05) is 11.9 Å². The van der Waals surface area contributed by atoms with E-state index in [0.29, 0.717) is 33.0 Å². The fourth-order valence-corrected chi connectivity index (χ4v) is 2.56. The molecule has 4 nitrogen and oxygen atoms in total. The van der Waals surface area contributed by atoms with E-state index in [0.717, 1.165) is 0 Å². The number of ether oxygens (including phenoxy) is 2. The van der Waals surface area contributed by atoms with Crippen LogP contribution in [0, 0.1) is 0 Å². The number of hydrogen-bond donors (Lipinski definition) is 1. The quantitative estimate of drug-likeness (QED) is 0.580. The summed E-state index contributed by atoms with van der Waals surface area (Å²) < 4.78 is 11.3. The molecule has 0 saturated carbocycles. The Labute approximate surface area is 161 Å². The van der Waals surface area contributed by atoms with Crippen molar-refractivity contribution in [2.24, 2.45) is 0 Å². The second-order valence-electron chi connectivity index (χ2n) is 5.30. The molecule has 0 atom stereocenters. The molecule has 0 unspecified atom stereocenters. The highest BCUT2D eigenvalue weighted by Gasteiger charge is 2.11. The lowest BCUT2D eigenvalue weighted by Crippen LogP contribution is -2.20. The largest absolute Gasteiger partial charge is 0.482 e. The molecule has 6 heteroatoms. The van der Waals surface area contributed by atoms with Gasteiger partial charge in [0.2, 0.25) is 0 Å². The van der Waals surface area contributed by atoms with Crippen LogP contribution in [0.2, 0.25) is 10.0 Å². The van der Waals surface area contributed by atoms with Crippen LogP contribution in [-0.4, -0.2) is 12.5 Å². The molecule has 0 saturated heterocycles. The first-order chi connectivity index (χ1) is 12.6. The van der Waals surface area contributed by atoms with Crippen LogP contribution >= 0.6 is 23.2 Å². The molecule has 1 amide bonds. The summed E-state index contributed by atoms with van der Waals surface area (Å²) >= 11 is 12.1. The molecule has 0 aliphatic carbocycles. The molecule has 3 aromatic carbocycles. The van der Waals surface area contributed by atoms with Crippen LogP contribution in [0.3, 0.4) is 0 Å². The van der Waals surface area contributed by atoms with Gasteiger partial charge in [-0.3, -0.25) is 4.79 Å². The number of hydrogen-bond acceptors (Lipinski definition) is 3. The van der Waals surface area contributed by atoms with Crippen molar-refractivity contribution >= 4 is 34.8 Å². The normalized spacial score (nSPS) is 10.2. The Bertz CT molecular complexity index is 915. The standard InChI is InChI=1S/C20H15Cl2NO3/c21-14-7-1-4-10-17(14)25-13-20(24)23-16-9-3-6-12-19(16)26-18-11-5-2-8-15(18)22/h1-12H,13H2,(H,23,24). The van der Waals surface area contributed by atoms with Crippen molar-refractivity contribution in [3.63, 3.8) is 0 Å². The molecule has 0 fully saturated rings. The lowest BCUT2D eigenvalue weighted by Gasteiger charge is -2.13. The highest BCUT2D eigenvalue weighted by Crippen LogP contribution is 2.33. The maximum absolute atomic E-state index is 12.2. The highest BCUT2D eigenvalue weighted by molar-refractivity contribution is 6.32. The molecular weight excluding hydrogens is 373 g/mol. The van der Waals surface area contributed by atoms with Crippen LogP contribution in [0.4, 0.5) is 5.69 Å². The molecule has 0 aliphatic rings. The fraction of sp³-hybridized carbons (Fsp3) is 0.0500. The molecular formula is C20H15Cl2NO3. The zero-order valence-electron chi connectivity index (χ0n) is 13.6. The molecule has 0 spiro atoms. The molecule has 3 rings (SSSR count). The number of para-hydroxylation sites is 4. The number of halogens is 2. The Morgan fingerprint density at radius 1 is 0.769 bits per heavy atom. The molecule has 0 aliphatic heterocycles. The van der Waals surface area contributed by atoms with Crippen molar-refractivity contribution in [3.05, 3.63) is 82.8 Å². The summed E-state index contributed by atoms with van der Waals surface area (Å²) in [5, 5.41) is 3.69. The van der Waals surface area contributed by atoms with Gasteiger partial charge in [-0.05, 0) is 36.4 Å². The van der Waals surface area contributed by atoms with Gasteiger partial charge in [-0.25, -0.2) is 0 Å². The predicted octanol–water partition coefficient (Wildman–Crippen LogP) is 5.80. The number of anilines is 1. The zero-order valence-corrected chi connectivity index (χ0v) is 15.1. The SMILES string of the molecule is O=C(COc1ccccc1Cl)Nc1ccccc1Oc1ccccc1Cl. The summed E-state index contributed by atoms with van der Waals surface area (Å²) in [6, 6.07) is 21.2. The molecule has 0 heterocycles. The first-order valence-corrected chi connectivity index (χ1v) is 8.57. The van der Waals surface area contributed by atoms with Crippen molar-refractivity contribution in [2.45, 2.75) is 0 Å². The van der Waals surface area contributed by atoms with Crippen molar-refractivity contribution < 1.29 is 14.3 Å². The third-order valence-corrected chi connectivity index (χ3v) is 4.04. The van der Waals surface area contributed by atoms with Gasteiger partial charge in [0.1, 0.15) is 11.5 Å². The van der Waals surface area contributed by atoms with Crippen LogP contribution in [0.15, 0.2) is 72.8 Å². The summed E-state index contributed by atoms with van der Waals surface area (Å²) in [6.07, 6.45) is 0. The fourth-order valence-electron chi connectivity index (χ4n) is 2.20. The number of amides is 1. The topological polar surface area (TPSA) is 47.6 Å². The predicted molar refractivity (Wildman–Crippen MR) is 104 cm³/mol. The molecule has 0 aromatic heterocycles. The maximum atomic E-state index is 12.2. The summed E-state index contributed by atoms with van der Waals surface area (Å²) in [5.74, 6) is 1.10. The van der Waals surface area contributed by atoms with Crippen LogP contribution in [0.1, 0.15) is 0 Å². The molecule has 26 heavy (non-hydrogen) atoms. The Morgan fingerprint density at radius 3 is 1.96 bits per heavy atom. The first kappa shape index (κ1) is 18.1. The molecule has 3 aromatic rings. The van der Waals surface area contributed by atoms with E-state index >= 15 is 0 Å². The smallest absolute Gasteiger partial charge is 0.262 e. The van der Waals surface area contributed by atoms with E-state index in [1.54, 1.807) is 54.6 Å².